The highest BCUT2D eigenvalue weighted by atomic mass is 35.5. The van der Waals surface area contributed by atoms with Crippen molar-refractivity contribution in [1.82, 2.24) is 5.32 Å². The summed E-state index contributed by atoms with van der Waals surface area (Å²) < 4.78 is 13.0. The van der Waals surface area contributed by atoms with Crippen LogP contribution in [0.1, 0.15) is 24.1 Å². The third kappa shape index (κ3) is 4.58. The van der Waals surface area contributed by atoms with Gasteiger partial charge in [-0.2, -0.15) is 0 Å². The minimum Gasteiger partial charge on any atom is -0.310 e. The van der Waals surface area contributed by atoms with Crippen LogP contribution in [0, 0.1) is 5.82 Å². The van der Waals surface area contributed by atoms with Gasteiger partial charge in [0.1, 0.15) is 5.82 Å². The molecule has 2 aromatic carbocycles. The number of nitrogens with one attached hydrogen (secondary N) is 1. The Balaban J connectivity index is 1.93. The Kier molecular flexibility index (Phi) is 5.88. The van der Waals surface area contributed by atoms with E-state index in [9.17, 15) is 4.39 Å². The van der Waals surface area contributed by atoms with Gasteiger partial charge in [0.25, 0.3) is 0 Å². The largest absolute Gasteiger partial charge is 0.310 e. The number of hydrogen-bond acceptors (Lipinski definition) is 1. The van der Waals surface area contributed by atoms with Crippen LogP contribution in [-0.2, 0) is 6.42 Å². The van der Waals surface area contributed by atoms with Gasteiger partial charge in [-0.3, -0.25) is 0 Å². The quantitative estimate of drug-likeness (QED) is 0.734. The molecule has 0 spiro atoms. The molecule has 2 rings (SSSR count). The first-order chi connectivity index (χ1) is 9.97. The maximum atomic E-state index is 13.0. The number of benzene rings is 2. The Labute approximate surface area is 139 Å². The highest BCUT2D eigenvalue weighted by Crippen LogP contribution is 2.24. The van der Waals surface area contributed by atoms with E-state index in [0.29, 0.717) is 15.1 Å². The highest BCUT2D eigenvalue weighted by Gasteiger charge is 2.10. The standard InChI is InChI=1S/C16H15Cl3FN/c1-10(14-5-4-13(20)9-16(14)19)21-7-6-11-2-3-12(17)8-15(11)18/h2-5,8-10,21H,6-7H2,1H3. The Morgan fingerprint density at radius 3 is 2.48 bits per heavy atom. The number of hydrogen-bond donors (Lipinski definition) is 1. The van der Waals surface area contributed by atoms with Crippen molar-refractivity contribution in [3.63, 3.8) is 0 Å². The lowest BCUT2D eigenvalue weighted by Gasteiger charge is -2.16. The van der Waals surface area contributed by atoms with E-state index in [1.54, 1.807) is 12.1 Å². The molecule has 0 radical (unpaired) electrons. The summed E-state index contributed by atoms with van der Waals surface area (Å²) in [6.45, 7) is 2.72. The zero-order valence-electron chi connectivity index (χ0n) is 11.5. The van der Waals surface area contributed by atoms with Crippen molar-refractivity contribution in [2.24, 2.45) is 0 Å². The fourth-order valence-corrected chi connectivity index (χ4v) is 2.94. The topological polar surface area (TPSA) is 12.0 Å². The van der Waals surface area contributed by atoms with Crippen LogP contribution in [0.25, 0.3) is 0 Å². The van der Waals surface area contributed by atoms with E-state index in [0.717, 1.165) is 24.1 Å². The molecular formula is C16H15Cl3FN. The van der Waals surface area contributed by atoms with Gasteiger partial charge in [0.15, 0.2) is 0 Å². The zero-order valence-corrected chi connectivity index (χ0v) is 13.7. The minimum absolute atomic E-state index is 0.0316. The second-order valence-electron chi connectivity index (χ2n) is 4.83. The lowest BCUT2D eigenvalue weighted by molar-refractivity contribution is 0.573. The lowest BCUT2D eigenvalue weighted by atomic mass is 10.1. The molecule has 0 amide bonds. The van der Waals surface area contributed by atoms with Gasteiger partial charge in [-0.1, -0.05) is 46.9 Å². The van der Waals surface area contributed by atoms with Crippen molar-refractivity contribution in [2.75, 3.05) is 6.54 Å². The first-order valence-electron chi connectivity index (χ1n) is 6.59. The average molecular weight is 347 g/mol. The Hall–Kier alpha value is -0.800. The second-order valence-corrected chi connectivity index (χ2v) is 6.08. The molecule has 1 N–H and O–H groups in total. The van der Waals surface area contributed by atoms with Gasteiger partial charge in [-0.25, -0.2) is 4.39 Å². The van der Waals surface area contributed by atoms with Gasteiger partial charge in [0.05, 0.1) is 0 Å². The van der Waals surface area contributed by atoms with Crippen LogP contribution < -0.4 is 5.32 Å². The first-order valence-corrected chi connectivity index (χ1v) is 7.73. The molecular weight excluding hydrogens is 332 g/mol. The van der Waals surface area contributed by atoms with Crippen molar-refractivity contribution in [3.05, 3.63) is 68.4 Å². The third-order valence-corrected chi connectivity index (χ3v) is 4.20. The molecule has 0 aromatic heterocycles. The molecule has 0 heterocycles. The van der Waals surface area contributed by atoms with Crippen molar-refractivity contribution >= 4 is 34.8 Å². The van der Waals surface area contributed by atoms with E-state index in [1.807, 2.05) is 19.1 Å². The molecule has 2 aromatic rings. The first kappa shape index (κ1) is 16.6. The molecule has 112 valence electrons. The maximum absolute atomic E-state index is 13.0. The van der Waals surface area contributed by atoms with Crippen LogP contribution >= 0.6 is 34.8 Å². The van der Waals surface area contributed by atoms with Crippen LogP contribution in [0.2, 0.25) is 15.1 Å². The van der Waals surface area contributed by atoms with Gasteiger partial charge in [0.2, 0.25) is 0 Å². The van der Waals surface area contributed by atoms with Gasteiger partial charge < -0.3 is 5.32 Å². The molecule has 21 heavy (non-hydrogen) atoms. The van der Waals surface area contributed by atoms with Crippen LogP contribution in [-0.4, -0.2) is 6.54 Å². The van der Waals surface area contributed by atoms with Crippen LogP contribution in [0.5, 0.6) is 0 Å². The van der Waals surface area contributed by atoms with Gasteiger partial charge in [-0.05, 0) is 55.3 Å². The van der Waals surface area contributed by atoms with Crippen LogP contribution in [0.15, 0.2) is 36.4 Å². The summed E-state index contributed by atoms with van der Waals surface area (Å²) in [6.07, 6.45) is 0.777. The molecule has 0 aliphatic rings. The predicted octanol–water partition coefficient (Wildman–Crippen LogP) is 5.68. The van der Waals surface area contributed by atoms with E-state index in [1.165, 1.54) is 12.1 Å². The van der Waals surface area contributed by atoms with Crippen molar-refractivity contribution < 1.29 is 4.39 Å². The Bertz CT molecular complexity index is 631. The summed E-state index contributed by atoms with van der Waals surface area (Å²) in [5.74, 6) is -0.330. The molecule has 0 aliphatic heterocycles. The van der Waals surface area contributed by atoms with Crippen molar-refractivity contribution in [1.29, 1.82) is 0 Å². The van der Waals surface area contributed by atoms with E-state index < -0.39 is 0 Å². The SMILES string of the molecule is CC(NCCc1ccc(Cl)cc1Cl)c1ccc(F)cc1Cl. The highest BCUT2D eigenvalue weighted by molar-refractivity contribution is 6.35. The summed E-state index contributed by atoms with van der Waals surface area (Å²) in [4.78, 5) is 0. The molecule has 0 saturated carbocycles. The Morgan fingerprint density at radius 2 is 1.81 bits per heavy atom. The molecule has 1 unspecified atom stereocenters. The van der Waals surface area contributed by atoms with Gasteiger partial charge >= 0.3 is 0 Å². The van der Waals surface area contributed by atoms with Gasteiger partial charge in [0, 0.05) is 21.1 Å². The summed E-state index contributed by atoms with van der Waals surface area (Å²) in [7, 11) is 0. The maximum Gasteiger partial charge on any atom is 0.124 e. The molecule has 0 fully saturated rings. The smallest absolute Gasteiger partial charge is 0.124 e. The predicted molar refractivity (Wildman–Crippen MR) is 88.0 cm³/mol. The van der Waals surface area contributed by atoms with Crippen LogP contribution in [0.4, 0.5) is 4.39 Å². The van der Waals surface area contributed by atoms with E-state index in [4.69, 9.17) is 34.8 Å². The molecule has 1 atom stereocenters. The van der Waals surface area contributed by atoms with Crippen LogP contribution in [0.3, 0.4) is 0 Å². The fourth-order valence-electron chi connectivity index (χ4n) is 2.11. The zero-order chi connectivity index (χ0) is 15.4. The van der Waals surface area contributed by atoms with E-state index in [-0.39, 0.29) is 11.9 Å². The summed E-state index contributed by atoms with van der Waals surface area (Å²) >= 11 is 18.0. The molecule has 0 bridgehead atoms. The molecule has 5 heteroatoms. The number of halogens is 4. The fraction of sp³-hybridized carbons (Fsp3) is 0.250. The Morgan fingerprint density at radius 1 is 1.05 bits per heavy atom. The number of rotatable bonds is 5. The third-order valence-electron chi connectivity index (χ3n) is 3.29. The minimum atomic E-state index is -0.330. The molecule has 1 nitrogen and oxygen atoms in total. The second kappa shape index (κ2) is 7.46. The molecule has 0 saturated heterocycles. The summed E-state index contributed by atoms with van der Waals surface area (Å²) in [5.41, 5.74) is 1.91. The van der Waals surface area contributed by atoms with Crippen molar-refractivity contribution in [2.45, 2.75) is 19.4 Å². The van der Waals surface area contributed by atoms with Gasteiger partial charge in [-0.15, -0.1) is 0 Å². The van der Waals surface area contributed by atoms with E-state index >= 15 is 0 Å². The summed E-state index contributed by atoms with van der Waals surface area (Å²) in [6, 6.07) is 9.94. The lowest BCUT2D eigenvalue weighted by Crippen LogP contribution is -2.21. The average Bonchev–Trinajstić information content (AvgIpc) is 2.41. The summed E-state index contributed by atoms with van der Waals surface area (Å²) in [5, 5.41) is 5.07. The van der Waals surface area contributed by atoms with Crippen molar-refractivity contribution in [3.8, 4) is 0 Å². The normalized spacial score (nSPS) is 12.4. The monoisotopic (exact) mass is 345 g/mol. The molecule has 0 aliphatic carbocycles. The van der Waals surface area contributed by atoms with E-state index in [2.05, 4.69) is 5.32 Å².